The second kappa shape index (κ2) is 6.88. The maximum atomic E-state index is 12.5. The van der Waals surface area contributed by atoms with Crippen LogP contribution >= 0.6 is 11.6 Å². The van der Waals surface area contributed by atoms with Gasteiger partial charge in [0.15, 0.2) is 0 Å². The number of amides is 2. The van der Waals surface area contributed by atoms with Crippen molar-refractivity contribution < 1.29 is 9.90 Å². The van der Waals surface area contributed by atoms with Crippen LogP contribution in [0.2, 0.25) is 5.02 Å². The summed E-state index contributed by atoms with van der Waals surface area (Å²) in [6, 6.07) is 8.31. The number of hydrogen-bond acceptors (Lipinski definition) is 2. The molecule has 2 amide bonds. The topological polar surface area (TPSA) is 52.6 Å². The van der Waals surface area contributed by atoms with Gasteiger partial charge in [-0.1, -0.05) is 23.7 Å². The second-order valence-corrected chi connectivity index (χ2v) is 6.74. The normalized spacial score (nSPS) is 27.5. The van der Waals surface area contributed by atoms with Crippen molar-refractivity contribution in [3.05, 3.63) is 34.9 Å². The maximum Gasteiger partial charge on any atom is 0.317 e. The number of carbonyl (C=O) groups excluding carboxylic acids is 1. The summed E-state index contributed by atoms with van der Waals surface area (Å²) >= 11 is 5.91. The van der Waals surface area contributed by atoms with Crippen LogP contribution in [0.15, 0.2) is 24.3 Å². The fourth-order valence-electron chi connectivity index (χ4n) is 3.39. The van der Waals surface area contributed by atoms with E-state index in [2.05, 4.69) is 5.32 Å². The molecule has 0 radical (unpaired) electrons. The summed E-state index contributed by atoms with van der Waals surface area (Å²) in [7, 11) is 0. The third-order valence-electron chi connectivity index (χ3n) is 4.75. The molecule has 22 heavy (non-hydrogen) atoms. The molecule has 1 aliphatic heterocycles. The summed E-state index contributed by atoms with van der Waals surface area (Å²) in [6.07, 6.45) is 4.87. The molecule has 1 heterocycles. The van der Waals surface area contributed by atoms with Gasteiger partial charge in [0.2, 0.25) is 0 Å². The molecule has 3 unspecified atom stereocenters. The Hall–Kier alpha value is -1.26. The Balaban J connectivity index is 1.55. The van der Waals surface area contributed by atoms with Gasteiger partial charge in [-0.3, -0.25) is 0 Å². The van der Waals surface area contributed by atoms with Gasteiger partial charge in [0.1, 0.15) is 0 Å². The number of halogens is 1. The molecule has 3 atom stereocenters. The van der Waals surface area contributed by atoms with Crippen molar-refractivity contribution in [3.8, 4) is 0 Å². The first-order valence-electron chi connectivity index (χ1n) is 8.12. The molecular weight excluding hydrogens is 300 g/mol. The quantitative estimate of drug-likeness (QED) is 0.894. The number of nitrogens with one attached hydrogen (secondary N) is 1. The molecule has 1 saturated carbocycles. The Bertz CT molecular complexity index is 518. The predicted octanol–water partition coefficient (Wildman–Crippen LogP) is 3.14. The van der Waals surface area contributed by atoms with E-state index in [9.17, 15) is 4.79 Å². The molecule has 2 fully saturated rings. The van der Waals surface area contributed by atoms with Gasteiger partial charge in [-0.2, -0.15) is 0 Å². The highest BCUT2D eigenvalue weighted by Gasteiger charge is 2.41. The van der Waals surface area contributed by atoms with E-state index >= 15 is 0 Å². The van der Waals surface area contributed by atoms with Gasteiger partial charge in [-0.25, -0.2) is 4.79 Å². The van der Waals surface area contributed by atoms with E-state index in [0.717, 1.165) is 37.3 Å². The van der Waals surface area contributed by atoms with Gasteiger partial charge >= 0.3 is 6.03 Å². The highest BCUT2D eigenvalue weighted by Crippen LogP contribution is 2.41. The fourth-order valence-corrected chi connectivity index (χ4v) is 3.52. The number of hydrogen-bond donors (Lipinski definition) is 2. The second-order valence-electron chi connectivity index (χ2n) is 6.31. The molecule has 0 spiro atoms. The number of likely N-dealkylation sites (tertiary alicyclic amines) is 1. The molecule has 1 aromatic carbocycles. The highest BCUT2D eigenvalue weighted by atomic mass is 35.5. The first-order chi connectivity index (χ1) is 10.7. The van der Waals surface area contributed by atoms with Gasteiger partial charge in [0, 0.05) is 36.2 Å². The van der Waals surface area contributed by atoms with Crippen LogP contribution in [0.1, 0.15) is 43.6 Å². The molecule has 1 aliphatic carbocycles. The molecule has 0 aromatic heterocycles. The number of aliphatic hydroxyl groups is 1. The number of carbonyl (C=O) groups is 1. The van der Waals surface area contributed by atoms with Gasteiger partial charge < -0.3 is 15.3 Å². The van der Waals surface area contributed by atoms with E-state index < -0.39 is 0 Å². The minimum absolute atomic E-state index is 0.0274. The zero-order chi connectivity index (χ0) is 15.5. The summed E-state index contributed by atoms with van der Waals surface area (Å²) in [6.45, 7) is 0.945. The van der Waals surface area contributed by atoms with Crippen LogP contribution < -0.4 is 5.32 Å². The van der Waals surface area contributed by atoms with Gasteiger partial charge in [0.05, 0.1) is 0 Å². The van der Waals surface area contributed by atoms with E-state index in [1.165, 1.54) is 5.56 Å². The maximum absolute atomic E-state index is 12.5. The van der Waals surface area contributed by atoms with Crippen molar-refractivity contribution in [3.63, 3.8) is 0 Å². The van der Waals surface area contributed by atoms with Gasteiger partial charge in [0.25, 0.3) is 0 Å². The lowest BCUT2D eigenvalue weighted by molar-refractivity contribution is 0.131. The third-order valence-corrected chi connectivity index (χ3v) is 5.00. The number of rotatable bonds is 4. The standard InChI is InChI=1S/C17H23ClN2O2/c18-13-6-4-12(5-7-13)15-11-16(15)19-17(22)20-9-2-1-3-14(20)8-10-21/h4-7,14-16,21H,1-3,8-11H2,(H,19,22). The monoisotopic (exact) mass is 322 g/mol. The number of benzene rings is 1. The highest BCUT2D eigenvalue weighted by molar-refractivity contribution is 6.30. The molecule has 2 N–H and O–H groups in total. The molecule has 4 nitrogen and oxygen atoms in total. The number of nitrogens with zero attached hydrogens (tertiary/aromatic N) is 1. The Kier molecular flexibility index (Phi) is 4.89. The van der Waals surface area contributed by atoms with E-state index in [-0.39, 0.29) is 24.7 Å². The lowest BCUT2D eigenvalue weighted by Gasteiger charge is -2.35. The molecule has 1 aromatic rings. The first-order valence-corrected chi connectivity index (χ1v) is 8.50. The first kappa shape index (κ1) is 15.6. The summed E-state index contributed by atoms with van der Waals surface area (Å²) in [5, 5.41) is 13.0. The Morgan fingerprint density at radius 2 is 2.09 bits per heavy atom. The molecular formula is C17H23ClN2O2. The molecule has 2 aliphatic rings. The predicted molar refractivity (Wildman–Crippen MR) is 87.2 cm³/mol. The molecule has 3 rings (SSSR count). The van der Waals surface area contributed by atoms with E-state index in [4.69, 9.17) is 16.7 Å². The van der Waals surface area contributed by atoms with Crippen LogP contribution in [-0.4, -0.2) is 41.3 Å². The molecule has 1 saturated heterocycles. The van der Waals surface area contributed by atoms with E-state index in [0.29, 0.717) is 12.3 Å². The zero-order valence-electron chi connectivity index (χ0n) is 12.7. The number of piperidine rings is 1. The number of aliphatic hydroxyl groups excluding tert-OH is 1. The van der Waals surface area contributed by atoms with Crippen molar-refractivity contribution in [2.45, 2.75) is 50.1 Å². The summed E-state index contributed by atoms with van der Waals surface area (Å²) < 4.78 is 0. The van der Waals surface area contributed by atoms with Crippen LogP contribution in [0.3, 0.4) is 0 Å². The number of urea groups is 1. The van der Waals surface area contributed by atoms with Crippen LogP contribution in [0.25, 0.3) is 0 Å². The lowest BCUT2D eigenvalue weighted by Crippen LogP contribution is -2.49. The van der Waals surface area contributed by atoms with Gasteiger partial charge in [-0.15, -0.1) is 0 Å². The minimum Gasteiger partial charge on any atom is -0.396 e. The van der Waals surface area contributed by atoms with E-state index in [1.807, 2.05) is 29.2 Å². The van der Waals surface area contributed by atoms with E-state index in [1.54, 1.807) is 0 Å². The Morgan fingerprint density at radius 1 is 1.32 bits per heavy atom. The average Bonchev–Trinajstić information content (AvgIpc) is 3.28. The Labute approximate surface area is 136 Å². The lowest BCUT2D eigenvalue weighted by atomic mass is 10.0. The Morgan fingerprint density at radius 3 is 2.82 bits per heavy atom. The summed E-state index contributed by atoms with van der Waals surface area (Å²) in [5.41, 5.74) is 1.24. The third kappa shape index (κ3) is 3.55. The van der Waals surface area contributed by atoms with Crippen molar-refractivity contribution >= 4 is 17.6 Å². The SMILES string of the molecule is O=C(NC1CC1c1ccc(Cl)cc1)N1CCCCC1CCO. The molecule has 5 heteroatoms. The van der Waals surface area contributed by atoms with Crippen LogP contribution in [-0.2, 0) is 0 Å². The van der Waals surface area contributed by atoms with Crippen LogP contribution in [0, 0.1) is 0 Å². The zero-order valence-corrected chi connectivity index (χ0v) is 13.4. The van der Waals surface area contributed by atoms with Crippen molar-refractivity contribution in [2.75, 3.05) is 13.2 Å². The largest absolute Gasteiger partial charge is 0.396 e. The van der Waals surface area contributed by atoms with Crippen molar-refractivity contribution in [1.82, 2.24) is 10.2 Å². The molecule has 0 bridgehead atoms. The van der Waals surface area contributed by atoms with Crippen LogP contribution in [0.4, 0.5) is 4.79 Å². The van der Waals surface area contributed by atoms with Crippen molar-refractivity contribution in [2.24, 2.45) is 0 Å². The average molecular weight is 323 g/mol. The summed E-state index contributed by atoms with van der Waals surface area (Å²) in [4.78, 5) is 14.4. The molecule has 120 valence electrons. The van der Waals surface area contributed by atoms with Gasteiger partial charge in [-0.05, 0) is 49.8 Å². The minimum atomic E-state index is 0.0274. The van der Waals surface area contributed by atoms with Crippen LogP contribution in [0.5, 0.6) is 0 Å². The smallest absolute Gasteiger partial charge is 0.317 e. The van der Waals surface area contributed by atoms with Crippen molar-refractivity contribution in [1.29, 1.82) is 0 Å². The fraction of sp³-hybridized carbons (Fsp3) is 0.588. The summed E-state index contributed by atoms with van der Waals surface area (Å²) in [5.74, 6) is 0.405.